The molecule has 2 aromatic rings. The molecule has 170 valence electrons. The number of nitrogens with one attached hydrogen (secondary N) is 3. The molecule has 0 bridgehead atoms. The number of hydrogen-bond acceptors (Lipinski definition) is 4. The molecule has 0 atom stereocenters. The number of aliphatic carboxylic acids is 1. The zero-order valence-electron chi connectivity index (χ0n) is 17.5. The van der Waals surface area contributed by atoms with E-state index in [1.54, 1.807) is 30.3 Å². The standard InChI is InChI=1S/C23H26FN3O5/c24-19-3-1-2-4-20(19)27-23(31)26-14-13-25-21(28)15-5-9-17(10-6-15)32-18-11-7-16(8-12-18)22(29)30/h1-6,9-10,16,18H,7-8,11-14H2,(H,25,28)(H,29,30)(H2,26,27,31). The highest BCUT2D eigenvalue weighted by Crippen LogP contribution is 2.28. The number of rotatable bonds is 8. The van der Waals surface area contributed by atoms with Crippen LogP contribution in [0.5, 0.6) is 5.75 Å². The van der Waals surface area contributed by atoms with Gasteiger partial charge in [0, 0.05) is 18.7 Å². The topological polar surface area (TPSA) is 117 Å². The highest BCUT2D eigenvalue weighted by atomic mass is 19.1. The number of carbonyl (C=O) groups is 3. The maximum Gasteiger partial charge on any atom is 0.319 e. The molecule has 8 nitrogen and oxygen atoms in total. The van der Waals surface area contributed by atoms with E-state index in [9.17, 15) is 18.8 Å². The van der Waals surface area contributed by atoms with Crippen LogP contribution in [0.2, 0.25) is 0 Å². The van der Waals surface area contributed by atoms with Gasteiger partial charge in [0.15, 0.2) is 0 Å². The van der Waals surface area contributed by atoms with Crippen LogP contribution >= 0.6 is 0 Å². The number of hydrogen-bond donors (Lipinski definition) is 4. The third-order valence-corrected chi connectivity index (χ3v) is 5.26. The predicted octanol–water partition coefficient (Wildman–Crippen LogP) is 3.40. The minimum Gasteiger partial charge on any atom is -0.490 e. The molecule has 3 rings (SSSR count). The quantitative estimate of drug-likeness (QED) is 0.467. The molecular weight excluding hydrogens is 417 g/mol. The van der Waals surface area contributed by atoms with E-state index in [2.05, 4.69) is 16.0 Å². The number of halogens is 1. The number of ether oxygens (including phenoxy) is 1. The fourth-order valence-corrected chi connectivity index (χ4v) is 3.49. The molecule has 1 fully saturated rings. The minimum atomic E-state index is -0.750. The molecule has 0 heterocycles. The van der Waals surface area contributed by atoms with E-state index in [-0.39, 0.29) is 36.7 Å². The molecule has 0 aliphatic heterocycles. The van der Waals surface area contributed by atoms with Crippen LogP contribution in [0.15, 0.2) is 48.5 Å². The molecule has 1 aliphatic rings. The molecule has 1 aliphatic carbocycles. The molecule has 0 unspecified atom stereocenters. The second kappa shape index (κ2) is 11.1. The smallest absolute Gasteiger partial charge is 0.319 e. The van der Waals surface area contributed by atoms with Gasteiger partial charge in [-0.15, -0.1) is 0 Å². The van der Waals surface area contributed by atoms with Gasteiger partial charge < -0.3 is 25.8 Å². The van der Waals surface area contributed by atoms with Gasteiger partial charge in [0.1, 0.15) is 11.6 Å². The number of amides is 3. The Kier molecular flexibility index (Phi) is 8.02. The number of carboxylic acid groups (broad SMARTS) is 1. The average molecular weight is 443 g/mol. The van der Waals surface area contributed by atoms with Crippen LogP contribution < -0.4 is 20.7 Å². The average Bonchev–Trinajstić information content (AvgIpc) is 2.79. The van der Waals surface area contributed by atoms with Crippen molar-refractivity contribution in [1.82, 2.24) is 10.6 Å². The van der Waals surface area contributed by atoms with Gasteiger partial charge in [-0.3, -0.25) is 9.59 Å². The molecule has 0 aromatic heterocycles. The van der Waals surface area contributed by atoms with E-state index >= 15 is 0 Å². The second-order valence-corrected chi connectivity index (χ2v) is 7.57. The number of anilines is 1. The Morgan fingerprint density at radius 1 is 0.938 bits per heavy atom. The third-order valence-electron chi connectivity index (χ3n) is 5.26. The van der Waals surface area contributed by atoms with Gasteiger partial charge in [-0.05, 0) is 62.1 Å². The van der Waals surface area contributed by atoms with Crippen LogP contribution in [0, 0.1) is 11.7 Å². The van der Waals surface area contributed by atoms with Crippen LogP contribution in [-0.4, -0.2) is 42.2 Å². The molecular formula is C23H26FN3O5. The summed E-state index contributed by atoms with van der Waals surface area (Å²) in [6.07, 6.45) is 2.57. The van der Waals surface area contributed by atoms with Crippen LogP contribution in [-0.2, 0) is 4.79 Å². The molecule has 0 spiro atoms. The van der Waals surface area contributed by atoms with E-state index in [4.69, 9.17) is 9.84 Å². The summed E-state index contributed by atoms with van der Waals surface area (Å²) < 4.78 is 19.4. The van der Waals surface area contributed by atoms with Crippen molar-refractivity contribution in [2.24, 2.45) is 5.92 Å². The lowest BCUT2D eigenvalue weighted by Crippen LogP contribution is -2.36. The second-order valence-electron chi connectivity index (χ2n) is 7.57. The van der Waals surface area contributed by atoms with Gasteiger partial charge in [0.05, 0.1) is 17.7 Å². The third kappa shape index (κ3) is 6.69. The largest absolute Gasteiger partial charge is 0.490 e. The normalized spacial score (nSPS) is 17.8. The monoisotopic (exact) mass is 443 g/mol. The van der Waals surface area contributed by atoms with Gasteiger partial charge in [0.25, 0.3) is 5.91 Å². The fraction of sp³-hybridized carbons (Fsp3) is 0.348. The van der Waals surface area contributed by atoms with E-state index < -0.39 is 17.8 Å². The summed E-state index contributed by atoms with van der Waals surface area (Å²) in [4.78, 5) is 35.0. The highest BCUT2D eigenvalue weighted by molar-refractivity contribution is 5.94. The van der Waals surface area contributed by atoms with Gasteiger partial charge in [-0.25, -0.2) is 9.18 Å². The summed E-state index contributed by atoms with van der Waals surface area (Å²) >= 11 is 0. The zero-order valence-corrected chi connectivity index (χ0v) is 17.5. The first-order valence-electron chi connectivity index (χ1n) is 10.5. The van der Waals surface area contributed by atoms with Gasteiger partial charge in [-0.2, -0.15) is 0 Å². The number of para-hydroxylation sites is 1. The van der Waals surface area contributed by atoms with Crippen molar-refractivity contribution in [1.29, 1.82) is 0 Å². The van der Waals surface area contributed by atoms with Gasteiger partial charge in [0.2, 0.25) is 0 Å². The van der Waals surface area contributed by atoms with E-state index in [0.29, 0.717) is 37.0 Å². The Hall–Kier alpha value is -3.62. The number of urea groups is 1. The summed E-state index contributed by atoms with van der Waals surface area (Å²) in [6, 6.07) is 12.0. The lowest BCUT2D eigenvalue weighted by Gasteiger charge is -2.26. The van der Waals surface area contributed by atoms with Crippen LogP contribution in [0.3, 0.4) is 0 Å². The molecule has 0 saturated heterocycles. The molecule has 2 aromatic carbocycles. The maximum atomic E-state index is 13.5. The van der Waals surface area contributed by atoms with Gasteiger partial charge in [-0.1, -0.05) is 12.1 Å². The van der Waals surface area contributed by atoms with Crippen molar-refractivity contribution in [2.75, 3.05) is 18.4 Å². The first-order valence-corrected chi connectivity index (χ1v) is 10.5. The van der Waals surface area contributed by atoms with Crippen molar-refractivity contribution >= 4 is 23.6 Å². The summed E-state index contributed by atoms with van der Waals surface area (Å²) in [6.45, 7) is 0.376. The van der Waals surface area contributed by atoms with Crippen molar-refractivity contribution in [2.45, 2.75) is 31.8 Å². The number of carbonyl (C=O) groups excluding carboxylic acids is 2. The Morgan fingerprint density at radius 3 is 2.25 bits per heavy atom. The van der Waals surface area contributed by atoms with E-state index in [0.717, 1.165) is 0 Å². The van der Waals surface area contributed by atoms with Crippen molar-refractivity contribution in [3.63, 3.8) is 0 Å². The minimum absolute atomic E-state index is 0.0214. The summed E-state index contributed by atoms with van der Waals surface area (Å²) in [5.74, 6) is -1.24. The molecule has 0 radical (unpaired) electrons. The molecule has 32 heavy (non-hydrogen) atoms. The highest BCUT2D eigenvalue weighted by Gasteiger charge is 2.26. The molecule has 9 heteroatoms. The Balaban J connectivity index is 1.36. The SMILES string of the molecule is O=C(NCCNC(=O)c1ccc(OC2CCC(C(=O)O)CC2)cc1)Nc1ccccc1F. The summed E-state index contributed by atoms with van der Waals surface area (Å²) in [7, 11) is 0. The zero-order chi connectivity index (χ0) is 22.9. The maximum absolute atomic E-state index is 13.5. The van der Waals surface area contributed by atoms with E-state index in [1.165, 1.54) is 18.2 Å². The number of carboxylic acids is 1. The van der Waals surface area contributed by atoms with Crippen molar-refractivity contribution in [3.8, 4) is 5.75 Å². The first kappa shape index (κ1) is 23.1. The Bertz CT molecular complexity index is 943. The van der Waals surface area contributed by atoms with Crippen LogP contribution in [0.1, 0.15) is 36.0 Å². The fourth-order valence-electron chi connectivity index (χ4n) is 3.49. The van der Waals surface area contributed by atoms with Gasteiger partial charge >= 0.3 is 12.0 Å². The summed E-state index contributed by atoms with van der Waals surface area (Å²) in [5, 5.41) is 16.7. The first-order chi connectivity index (χ1) is 15.4. The molecule has 4 N–H and O–H groups in total. The lowest BCUT2D eigenvalue weighted by atomic mass is 9.87. The number of benzene rings is 2. The van der Waals surface area contributed by atoms with Crippen molar-refractivity contribution in [3.05, 3.63) is 59.9 Å². The molecule has 3 amide bonds. The van der Waals surface area contributed by atoms with Crippen LogP contribution in [0.25, 0.3) is 0 Å². The lowest BCUT2D eigenvalue weighted by molar-refractivity contribution is -0.143. The van der Waals surface area contributed by atoms with Crippen LogP contribution in [0.4, 0.5) is 14.9 Å². The van der Waals surface area contributed by atoms with E-state index in [1.807, 2.05) is 0 Å². The predicted molar refractivity (Wildman–Crippen MR) is 116 cm³/mol. The summed E-state index contributed by atoms with van der Waals surface area (Å²) in [5.41, 5.74) is 0.522. The van der Waals surface area contributed by atoms with Crippen molar-refractivity contribution < 1.29 is 28.6 Å². The Morgan fingerprint density at radius 2 is 1.59 bits per heavy atom. The molecule has 1 saturated carbocycles. The Labute approximate surface area is 185 Å².